The lowest BCUT2D eigenvalue weighted by Gasteiger charge is -2.30. The van der Waals surface area contributed by atoms with E-state index in [1.165, 1.54) is 5.56 Å². The molecule has 0 saturated heterocycles. The second-order valence-corrected chi connectivity index (χ2v) is 7.17. The molecule has 0 heterocycles. The van der Waals surface area contributed by atoms with Gasteiger partial charge in [-0.1, -0.05) is 43.6 Å². The Bertz CT molecular complexity index is 779. The van der Waals surface area contributed by atoms with Crippen LogP contribution in [0.2, 0.25) is 5.02 Å². The maximum Gasteiger partial charge on any atom is 0.246 e. The van der Waals surface area contributed by atoms with E-state index in [1.807, 2.05) is 30.0 Å². The number of halogens is 1. The molecule has 144 valence electrons. The van der Waals surface area contributed by atoms with Crippen molar-refractivity contribution in [3.8, 4) is 0 Å². The number of rotatable bonds is 7. The normalized spacial score (nSPS) is 11.6. The first-order chi connectivity index (χ1) is 12.9. The Labute approximate surface area is 171 Å². The molecule has 6 heteroatoms. The molecule has 2 aromatic carbocycles. The van der Waals surface area contributed by atoms with Crippen molar-refractivity contribution >= 4 is 46.2 Å². The summed E-state index contributed by atoms with van der Waals surface area (Å²) in [6.07, 6.45) is 1.87. The zero-order valence-electron chi connectivity index (χ0n) is 16.0. The number of carbonyl (C=O) groups excluding carboxylic acids is 1. The van der Waals surface area contributed by atoms with Crippen molar-refractivity contribution in [3.63, 3.8) is 0 Å². The van der Waals surface area contributed by atoms with Crippen LogP contribution >= 0.6 is 23.8 Å². The van der Waals surface area contributed by atoms with Crippen molar-refractivity contribution in [1.82, 2.24) is 4.90 Å². The van der Waals surface area contributed by atoms with Gasteiger partial charge in [0.2, 0.25) is 5.91 Å². The van der Waals surface area contributed by atoms with E-state index in [0.717, 1.165) is 18.5 Å². The second kappa shape index (κ2) is 10.3. The molecule has 0 radical (unpaired) electrons. The smallest absolute Gasteiger partial charge is 0.246 e. The Kier molecular flexibility index (Phi) is 8.07. The highest BCUT2D eigenvalue weighted by Crippen LogP contribution is 2.17. The van der Waals surface area contributed by atoms with E-state index in [9.17, 15) is 4.79 Å². The zero-order valence-corrected chi connectivity index (χ0v) is 17.5. The highest BCUT2D eigenvalue weighted by atomic mass is 35.5. The molecule has 2 rings (SSSR count). The minimum atomic E-state index is -0.418. The summed E-state index contributed by atoms with van der Waals surface area (Å²) in [5.41, 5.74) is 2.86. The summed E-state index contributed by atoms with van der Waals surface area (Å²) in [6, 6.07) is 14.9. The number of thiocarbonyl (C=S) groups is 1. The van der Waals surface area contributed by atoms with Crippen LogP contribution in [-0.4, -0.2) is 28.5 Å². The third-order valence-corrected chi connectivity index (χ3v) is 4.85. The zero-order chi connectivity index (χ0) is 19.8. The molecular formula is C21H26ClN3OS. The molecule has 1 atom stereocenters. The summed E-state index contributed by atoms with van der Waals surface area (Å²) in [7, 11) is 0. The molecule has 0 aliphatic heterocycles. The van der Waals surface area contributed by atoms with E-state index in [2.05, 4.69) is 36.6 Å². The highest BCUT2D eigenvalue weighted by Gasteiger charge is 2.23. The van der Waals surface area contributed by atoms with Gasteiger partial charge in [0.15, 0.2) is 5.11 Å². The molecular weight excluding hydrogens is 378 g/mol. The Morgan fingerprint density at radius 2 is 1.81 bits per heavy atom. The van der Waals surface area contributed by atoms with Crippen LogP contribution in [0.1, 0.15) is 32.8 Å². The van der Waals surface area contributed by atoms with Crippen molar-refractivity contribution in [2.75, 3.05) is 17.2 Å². The predicted molar refractivity (Wildman–Crippen MR) is 119 cm³/mol. The summed E-state index contributed by atoms with van der Waals surface area (Å²) in [4.78, 5) is 14.6. The third kappa shape index (κ3) is 6.22. The van der Waals surface area contributed by atoms with Gasteiger partial charge in [-0.2, -0.15) is 0 Å². The molecule has 0 aromatic heterocycles. The van der Waals surface area contributed by atoms with Gasteiger partial charge in [-0.05, 0) is 67.9 Å². The number of carbonyl (C=O) groups is 1. The van der Waals surface area contributed by atoms with Crippen molar-refractivity contribution in [2.24, 2.45) is 0 Å². The minimum Gasteiger partial charge on any atom is -0.337 e. The van der Waals surface area contributed by atoms with Gasteiger partial charge in [-0.15, -0.1) is 0 Å². The highest BCUT2D eigenvalue weighted by molar-refractivity contribution is 7.80. The number of benzene rings is 2. The first-order valence-electron chi connectivity index (χ1n) is 9.17. The summed E-state index contributed by atoms with van der Waals surface area (Å²) < 4.78 is 0. The fourth-order valence-electron chi connectivity index (χ4n) is 2.69. The van der Waals surface area contributed by atoms with Gasteiger partial charge in [-0.25, -0.2) is 0 Å². The molecule has 0 aliphatic rings. The fraction of sp³-hybridized carbons (Fsp3) is 0.333. The van der Waals surface area contributed by atoms with Crippen LogP contribution in [0.15, 0.2) is 48.5 Å². The maximum atomic E-state index is 12.7. The number of amides is 1. The van der Waals surface area contributed by atoms with E-state index >= 15 is 0 Å². The number of nitrogens with zero attached hydrogens (tertiary/aromatic N) is 1. The van der Waals surface area contributed by atoms with Gasteiger partial charge in [-0.3, -0.25) is 4.79 Å². The summed E-state index contributed by atoms with van der Waals surface area (Å²) >= 11 is 11.6. The lowest BCUT2D eigenvalue weighted by atomic mass is 10.1. The molecule has 4 nitrogen and oxygen atoms in total. The number of hydrogen-bond acceptors (Lipinski definition) is 2. The van der Waals surface area contributed by atoms with Crippen LogP contribution in [0, 0.1) is 0 Å². The average molecular weight is 404 g/mol. The summed E-state index contributed by atoms with van der Waals surface area (Å²) in [5.74, 6) is -0.129. The van der Waals surface area contributed by atoms with Crippen LogP contribution in [0.5, 0.6) is 0 Å². The molecule has 2 aromatic rings. The standard InChI is InChI=1S/C21H26ClN3OS/c1-4-13-25(21(27)24-18-11-9-16(5-2)10-12-18)15(3)20(26)23-19-8-6-7-17(22)14-19/h6-12,14-15H,4-5,13H2,1-3H3,(H,23,26)(H,24,27)/t15-/m1/s1. The van der Waals surface area contributed by atoms with E-state index < -0.39 is 6.04 Å². The Morgan fingerprint density at radius 1 is 1.11 bits per heavy atom. The molecule has 1 amide bonds. The number of anilines is 2. The first kappa shape index (κ1) is 21.2. The van der Waals surface area contributed by atoms with Gasteiger partial charge in [0.1, 0.15) is 6.04 Å². The number of aryl methyl sites for hydroxylation is 1. The van der Waals surface area contributed by atoms with E-state index in [1.54, 1.807) is 18.2 Å². The van der Waals surface area contributed by atoms with Crippen molar-refractivity contribution < 1.29 is 4.79 Å². The van der Waals surface area contributed by atoms with Crippen LogP contribution < -0.4 is 10.6 Å². The van der Waals surface area contributed by atoms with Crippen molar-refractivity contribution in [3.05, 3.63) is 59.1 Å². The quantitative estimate of drug-likeness (QED) is 0.612. The average Bonchev–Trinajstić information content (AvgIpc) is 2.66. The van der Waals surface area contributed by atoms with Gasteiger partial charge in [0, 0.05) is 22.9 Å². The van der Waals surface area contributed by atoms with Crippen LogP contribution in [0.25, 0.3) is 0 Å². The Hall–Kier alpha value is -2.11. The molecule has 2 N–H and O–H groups in total. The molecule has 0 aliphatic carbocycles. The van der Waals surface area contributed by atoms with Gasteiger partial charge >= 0.3 is 0 Å². The third-order valence-electron chi connectivity index (χ3n) is 4.28. The molecule has 0 bridgehead atoms. The lowest BCUT2D eigenvalue weighted by Crippen LogP contribution is -2.47. The molecule has 0 spiro atoms. The van der Waals surface area contributed by atoms with Gasteiger partial charge in [0.25, 0.3) is 0 Å². The Balaban J connectivity index is 2.06. The van der Waals surface area contributed by atoms with Gasteiger partial charge < -0.3 is 15.5 Å². The molecule has 0 unspecified atom stereocenters. The van der Waals surface area contributed by atoms with Gasteiger partial charge in [0.05, 0.1) is 0 Å². The Morgan fingerprint density at radius 3 is 2.41 bits per heavy atom. The first-order valence-corrected chi connectivity index (χ1v) is 9.96. The lowest BCUT2D eigenvalue weighted by molar-refractivity contribution is -0.119. The summed E-state index contributed by atoms with van der Waals surface area (Å²) in [6.45, 7) is 6.72. The number of hydrogen-bond donors (Lipinski definition) is 2. The topological polar surface area (TPSA) is 44.4 Å². The van der Waals surface area contributed by atoms with E-state index in [4.69, 9.17) is 23.8 Å². The minimum absolute atomic E-state index is 0.129. The molecule has 27 heavy (non-hydrogen) atoms. The SMILES string of the molecule is CCCN(C(=S)Nc1ccc(CC)cc1)[C@H](C)C(=O)Nc1cccc(Cl)c1. The monoisotopic (exact) mass is 403 g/mol. The van der Waals surface area contributed by atoms with Crippen LogP contribution in [0.4, 0.5) is 11.4 Å². The molecule has 0 saturated carbocycles. The second-order valence-electron chi connectivity index (χ2n) is 6.35. The maximum absolute atomic E-state index is 12.7. The van der Waals surface area contributed by atoms with Crippen LogP contribution in [-0.2, 0) is 11.2 Å². The fourth-order valence-corrected chi connectivity index (χ4v) is 3.24. The van der Waals surface area contributed by atoms with Crippen LogP contribution in [0.3, 0.4) is 0 Å². The number of nitrogens with one attached hydrogen (secondary N) is 2. The largest absolute Gasteiger partial charge is 0.337 e. The van der Waals surface area contributed by atoms with Crippen molar-refractivity contribution in [2.45, 2.75) is 39.7 Å². The van der Waals surface area contributed by atoms with Crippen molar-refractivity contribution in [1.29, 1.82) is 0 Å². The predicted octanol–water partition coefficient (Wildman–Crippen LogP) is 5.34. The van der Waals surface area contributed by atoms with E-state index in [0.29, 0.717) is 22.4 Å². The van der Waals surface area contributed by atoms with E-state index in [-0.39, 0.29) is 5.91 Å². The summed E-state index contributed by atoms with van der Waals surface area (Å²) in [5, 5.41) is 7.26. The molecule has 0 fully saturated rings.